The van der Waals surface area contributed by atoms with Gasteiger partial charge >= 0.3 is 0 Å². The van der Waals surface area contributed by atoms with E-state index in [1.165, 1.54) is 37.8 Å². The molecule has 4 atom stereocenters. The lowest BCUT2D eigenvalue weighted by atomic mass is 9.84. The van der Waals surface area contributed by atoms with Gasteiger partial charge in [-0.05, 0) is 62.1 Å². The number of carbonyl (C=O) groups is 1. The summed E-state index contributed by atoms with van der Waals surface area (Å²) in [5.74, 6) is 3.07. The number of benzene rings is 1. The number of nitrogens with one attached hydrogen (secondary N) is 1. The average molecular weight is 384 g/mol. The van der Waals surface area contributed by atoms with Gasteiger partial charge in [-0.1, -0.05) is 12.5 Å². The van der Waals surface area contributed by atoms with Crippen LogP contribution in [0.15, 0.2) is 40.8 Å². The van der Waals surface area contributed by atoms with Crippen molar-refractivity contribution in [1.82, 2.24) is 5.32 Å². The molecule has 2 aliphatic rings. The number of non-ortho nitro benzene ring substituents is 1. The quantitative estimate of drug-likeness (QED) is 0.567. The maximum absolute atomic E-state index is 12.5. The van der Waals surface area contributed by atoms with Crippen LogP contribution in [0.25, 0.3) is 0 Å². The van der Waals surface area contributed by atoms with Crippen LogP contribution in [0.3, 0.4) is 0 Å². The summed E-state index contributed by atoms with van der Waals surface area (Å²) in [7, 11) is 0. The van der Waals surface area contributed by atoms with E-state index in [1.54, 1.807) is 24.3 Å². The second-order valence-electron chi connectivity index (χ2n) is 7.91. The predicted octanol–water partition coefficient (Wildman–Crippen LogP) is 4.32. The van der Waals surface area contributed by atoms with Crippen LogP contribution in [-0.2, 0) is 6.61 Å². The second-order valence-corrected chi connectivity index (χ2v) is 7.91. The number of nitro benzene ring substituents is 1. The molecule has 2 bridgehead atoms. The zero-order valence-electron chi connectivity index (χ0n) is 15.8. The highest BCUT2D eigenvalue weighted by molar-refractivity contribution is 5.91. The van der Waals surface area contributed by atoms with Gasteiger partial charge in [0.15, 0.2) is 5.76 Å². The van der Waals surface area contributed by atoms with Crippen molar-refractivity contribution >= 4 is 11.6 Å². The van der Waals surface area contributed by atoms with Crippen LogP contribution in [0.2, 0.25) is 0 Å². The van der Waals surface area contributed by atoms with Crippen LogP contribution >= 0.6 is 0 Å². The predicted molar refractivity (Wildman–Crippen MR) is 102 cm³/mol. The standard InChI is InChI=1S/C21H24N2O5/c1-13(19-10-14-5-6-15(19)9-14)22-21(24)20-8-7-18(28-20)12-27-17-4-2-3-16(11-17)23(25)26/h2-4,7-8,11,13-15,19H,5-6,9-10,12H2,1H3,(H,22,24). The molecule has 7 heteroatoms. The summed E-state index contributed by atoms with van der Waals surface area (Å²) in [4.78, 5) is 22.8. The number of nitrogens with zero attached hydrogens (tertiary/aromatic N) is 1. The molecular weight excluding hydrogens is 360 g/mol. The Kier molecular flexibility index (Phi) is 5.07. The molecule has 148 valence electrons. The molecule has 2 aromatic rings. The van der Waals surface area contributed by atoms with Crippen molar-refractivity contribution in [2.24, 2.45) is 17.8 Å². The SMILES string of the molecule is CC(NC(=O)c1ccc(COc2cccc([N+](=O)[O-])c2)o1)C1CC2CCC1C2. The van der Waals surface area contributed by atoms with Gasteiger partial charge in [-0.25, -0.2) is 0 Å². The molecule has 2 saturated carbocycles. The van der Waals surface area contributed by atoms with E-state index in [-0.39, 0.29) is 30.0 Å². The fourth-order valence-electron chi connectivity index (χ4n) is 4.71. The number of rotatable bonds is 7. The zero-order valence-corrected chi connectivity index (χ0v) is 15.8. The Morgan fingerprint density at radius 2 is 2.18 bits per heavy atom. The van der Waals surface area contributed by atoms with E-state index in [2.05, 4.69) is 12.2 Å². The number of hydrogen-bond donors (Lipinski definition) is 1. The van der Waals surface area contributed by atoms with Crippen LogP contribution in [0, 0.1) is 27.9 Å². The molecule has 4 unspecified atom stereocenters. The lowest BCUT2D eigenvalue weighted by molar-refractivity contribution is -0.384. The molecule has 1 aromatic heterocycles. The molecule has 1 amide bonds. The third-order valence-electron chi connectivity index (χ3n) is 6.09. The molecule has 2 aliphatic carbocycles. The molecule has 0 radical (unpaired) electrons. The Hall–Kier alpha value is -2.83. The van der Waals surface area contributed by atoms with Crippen LogP contribution in [0.5, 0.6) is 5.75 Å². The number of hydrogen-bond acceptors (Lipinski definition) is 5. The molecule has 7 nitrogen and oxygen atoms in total. The van der Waals surface area contributed by atoms with Gasteiger partial charge in [0.2, 0.25) is 0 Å². The van der Waals surface area contributed by atoms with Gasteiger partial charge in [0.1, 0.15) is 18.1 Å². The third-order valence-corrected chi connectivity index (χ3v) is 6.09. The zero-order chi connectivity index (χ0) is 19.7. The van der Waals surface area contributed by atoms with Gasteiger partial charge < -0.3 is 14.5 Å². The van der Waals surface area contributed by atoms with Gasteiger partial charge in [-0.2, -0.15) is 0 Å². The normalized spacial score (nSPS) is 24.1. The number of fused-ring (bicyclic) bond motifs is 2. The number of ether oxygens (including phenoxy) is 1. The van der Waals surface area contributed by atoms with Gasteiger partial charge in [-0.3, -0.25) is 14.9 Å². The molecular formula is C21H24N2O5. The van der Waals surface area contributed by atoms with Crippen LogP contribution in [0.1, 0.15) is 48.9 Å². The first kappa shape index (κ1) is 18.5. The summed E-state index contributed by atoms with van der Waals surface area (Å²) in [6.45, 7) is 2.18. The van der Waals surface area contributed by atoms with Crippen molar-refractivity contribution in [2.75, 3.05) is 0 Å². The third kappa shape index (κ3) is 3.88. The summed E-state index contributed by atoms with van der Waals surface area (Å²) >= 11 is 0. The first-order valence-electron chi connectivity index (χ1n) is 9.76. The lowest BCUT2D eigenvalue weighted by Crippen LogP contribution is -2.40. The first-order chi connectivity index (χ1) is 13.5. The topological polar surface area (TPSA) is 94.6 Å². The maximum Gasteiger partial charge on any atom is 0.287 e. The fraction of sp³-hybridized carbons (Fsp3) is 0.476. The van der Waals surface area contributed by atoms with E-state index < -0.39 is 4.92 Å². The molecule has 0 spiro atoms. The molecule has 2 fully saturated rings. The van der Waals surface area contributed by atoms with Gasteiger partial charge in [0.25, 0.3) is 11.6 Å². The Morgan fingerprint density at radius 3 is 2.89 bits per heavy atom. The first-order valence-corrected chi connectivity index (χ1v) is 9.76. The molecule has 0 aliphatic heterocycles. The monoisotopic (exact) mass is 384 g/mol. The lowest BCUT2D eigenvalue weighted by Gasteiger charge is -2.28. The minimum atomic E-state index is -0.473. The highest BCUT2D eigenvalue weighted by Gasteiger charge is 2.42. The van der Waals surface area contributed by atoms with Crippen molar-refractivity contribution < 1.29 is 18.9 Å². The van der Waals surface area contributed by atoms with E-state index in [1.807, 2.05) is 0 Å². The van der Waals surface area contributed by atoms with Crippen LogP contribution in [-0.4, -0.2) is 16.9 Å². The van der Waals surface area contributed by atoms with Crippen molar-refractivity contribution in [2.45, 2.75) is 45.3 Å². The molecule has 1 aromatic carbocycles. The smallest absolute Gasteiger partial charge is 0.287 e. The second kappa shape index (κ2) is 7.66. The average Bonchev–Trinajstić information content (AvgIpc) is 3.43. The Balaban J connectivity index is 1.31. The molecule has 1 N–H and O–H groups in total. The number of nitro groups is 1. The highest BCUT2D eigenvalue weighted by atomic mass is 16.6. The van der Waals surface area contributed by atoms with Crippen molar-refractivity contribution in [1.29, 1.82) is 0 Å². The van der Waals surface area contributed by atoms with E-state index in [4.69, 9.17) is 9.15 Å². The molecule has 4 rings (SSSR count). The minimum absolute atomic E-state index is 0.0355. The van der Waals surface area contributed by atoms with Gasteiger partial charge in [0.05, 0.1) is 11.0 Å². The van der Waals surface area contributed by atoms with E-state index in [0.717, 1.165) is 11.8 Å². The number of furan rings is 1. The fourth-order valence-corrected chi connectivity index (χ4v) is 4.71. The summed E-state index contributed by atoms with van der Waals surface area (Å²) in [6, 6.07) is 9.42. The van der Waals surface area contributed by atoms with Crippen molar-refractivity contribution in [3.05, 3.63) is 58.0 Å². The summed E-state index contributed by atoms with van der Waals surface area (Å²) in [5, 5.41) is 13.9. The van der Waals surface area contributed by atoms with E-state index >= 15 is 0 Å². The Labute approximate surface area is 163 Å². The minimum Gasteiger partial charge on any atom is -0.485 e. The van der Waals surface area contributed by atoms with Crippen LogP contribution in [0.4, 0.5) is 5.69 Å². The number of carbonyl (C=O) groups excluding carboxylic acids is 1. The van der Waals surface area contributed by atoms with Crippen molar-refractivity contribution in [3.8, 4) is 5.75 Å². The van der Waals surface area contributed by atoms with Gasteiger partial charge in [-0.15, -0.1) is 0 Å². The summed E-state index contributed by atoms with van der Waals surface area (Å²) in [6.07, 6.45) is 5.15. The van der Waals surface area contributed by atoms with Crippen molar-refractivity contribution in [3.63, 3.8) is 0 Å². The summed E-state index contributed by atoms with van der Waals surface area (Å²) in [5.41, 5.74) is -0.0355. The van der Waals surface area contributed by atoms with Crippen LogP contribution < -0.4 is 10.1 Å². The van der Waals surface area contributed by atoms with E-state index in [9.17, 15) is 14.9 Å². The highest BCUT2D eigenvalue weighted by Crippen LogP contribution is 2.49. The Bertz CT molecular complexity index is 877. The van der Waals surface area contributed by atoms with E-state index in [0.29, 0.717) is 17.4 Å². The molecule has 0 saturated heterocycles. The molecule has 28 heavy (non-hydrogen) atoms. The number of amides is 1. The molecule has 1 heterocycles. The Morgan fingerprint density at radius 1 is 1.32 bits per heavy atom. The van der Waals surface area contributed by atoms with Gasteiger partial charge in [0, 0.05) is 12.1 Å². The maximum atomic E-state index is 12.5. The summed E-state index contributed by atoms with van der Waals surface area (Å²) < 4.78 is 11.1. The largest absolute Gasteiger partial charge is 0.485 e.